The molecule has 1 aliphatic rings. The highest BCUT2D eigenvalue weighted by atomic mass is 19.1. The van der Waals surface area contributed by atoms with Gasteiger partial charge in [-0.3, -0.25) is 0 Å². The molecule has 16 heavy (non-hydrogen) atoms. The predicted octanol–water partition coefficient (Wildman–Crippen LogP) is 3.43. The average molecular weight is 223 g/mol. The van der Waals surface area contributed by atoms with E-state index >= 15 is 0 Å². The molecule has 1 aliphatic carbocycles. The lowest BCUT2D eigenvalue weighted by Gasteiger charge is -2.20. The molecule has 0 aromatic heterocycles. The van der Waals surface area contributed by atoms with Gasteiger partial charge in [-0.25, -0.2) is 4.39 Å². The Balaban J connectivity index is 2.16. The van der Waals surface area contributed by atoms with Crippen molar-refractivity contribution in [3.8, 4) is 5.75 Å². The summed E-state index contributed by atoms with van der Waals surface area (Å²) in [5.74, 6) is 1.13. The first kappa shape index (κ1) is 11.2. The van der Waals surface area contributed by atoms with Gasteiger partial charge in [0.05, 0.1) is 12.8 Å². The van der Waals surface area contributed by atoms with E-state index in [4.69, 9.17) is 4.74 Å². The summed E-state index contributed by atoms with van der Waals surface area (Å²) in [4.78, 5) is 0. The maximum Gasteiger partial charge on any atom is 0.142 e. The summed E-state index contributed by atoms with van der Waals surface area (Å²) in [7, 11) is 1.61. The van der Waals surface area contributed by atoms with Crippen LogP contribution in [-0.4, -0.2) is 13.2 Å². The van der Waals surface area contributed by atoms with Gasteiger partial charge in [0, 0.05) is 12.1 Å². The van der Waals surface area contributed by atoms with E-state index in [1.54, 1.807) is 13.2 Å². The summed E-state index contributed by atoms with van der Waals surface area (Å²) in [5, 5.41) is 3.39. The van der Waals surface area contributed by atoms with Crippen LogP contribution >= 0.6 is 0 Å². The molecule has 0 spiro atoms. The van der Waals surface area contributed by atoms with Crippen molar-refractivity contribution < 1.29 is 9.13 Å². The predicted molar refractivity (Wildman–Crippen MR) is 63.4 cm³/mol. The van der Waals surface area contributed by atoms with E-state index < -0.39 is 0 Å². The zero-order valence-electron chi connectivity index (χ0n) is 9.79. The lowest BCUT2D eigenvalue weighted by atomic mass is 10.1. The number of hydrogen-bond donors (Lipinski definition) is 1. The number of halogens is 1. The van der Waals surface area contributed by atoms with Gasteiger partial charge in [-0.2, -0.15) is 0 Å². The fourth-order valence-corrected chi connectivity index (χ4v) is 2.35. The van der Waals surface area contributed by atoms with Crippen LogP contribution in [0.3, 0.4) is 0 Å². The van der Waals surface area contributed by atoms with E-state index in [1.165, 1.54) is 25.0 Å². The van der Waals surface area contributed by atoms with Crippen LogP contribution in [0.1, 0.15) is 26.2 Å². The molecule has 2 rings (SSSR count). The molecule has 1 aromatic carbocycles. The van der Waals surface area contributed by atoms with Crippen LogP contribution in [0.15, 0.2) is 18.2 Å². The summed E-state index contributed by atoms with van der Waals surface area (Å²) >= 11 is 0. The molecular weight excluding hydrogens is 205 g/mol. The normalized spacial score (nSPS) is 24.4. The number of anilines is 1. The summed E-state index contributed by atoms with van der Waals surface area (Å²) in [6.45, 7) is 2.23. The molecule has 1 saturated carbocycles. The largest absolute Gasteiger partial charge is 0.495 e. The average Bonchev–Trinajstić information content (AvgIpc) is 2.65. The molecule has 88 valence electrons. The Hall–Kier alpha value is -1.25. The summed E-state index contributed by atoms with van der Waals surface area (Å²) in [5.41, 5.74) is 0.765. The van der Waals surface area contributed by atoms with Crippen LogP contribution in [0.2, 0.25) is 0 Å². The SMILES string of the molecule is COc1ccc(F)cc1NC1CCCC1C. The van der Waals surface area contributed by atoms with Gasteiger partial charge >= 0.3 is 0 Å². The fraction of sp³-hybridized carbons (Fsp3) is 0.538. The number of ether oxygens (including phenoxy) is 1. The van der Waals surface area contributed by atoms with Crippen LogP contribution in [0.25, 0.3) is 0 Å². The standard InChI is InChI=1S/C13H18FNO/c1-9-4-3-5-11(9)15-12-8-10(14)6-7-13(12)16-2/h6-9,11,15H,3-5H2,1-2H3. The zero-order chi connectivity index (χ0) is 11.5. The molecular formula is C13H18FNO. The molecule has 2 nitrogen and oxygen atoms in total. The monoisotopic (exact) mass is 223 g/mol. The first-order valence-corrected chi connectivity index (χ1v) is 5.81. The van der Waals surface area contributed by atoms with Crippen LogP contribution in [0.4, 0.5) is 10.1 Å². The smallest absolute Gasteiger partial charge is 0.142 e. The Morgan fingerprint density at radius 2 is 2.19 bits per heavy atom. The van der Waals surface area contributed by atoms with Gasteiger partial charge in [0.2, 0.25) is 0 Å². The lowest BCUT2D eigenvalue weighted by molar-refractivity contribution is 0.414. The Bertz CT molecular complexity index is 367. The second-order valence-electron chi connectivity index (χ2n) is 4.50. The van der Waals surface area contributed by atoms with Crippen LogP contribution in [0, 0.1) is 11.7 Å². The Kier molecular flexibility index (Phi) is 3.32. The number of rotatable bonds is 3. The minimum Gasteiger partial charge on any atom is -0.495 e. The maximum absolute atomic E-state index is 13.2. The number of nitrogens with one attached hydrogen (secondary N) is 1. The van der Waals surface area contributed by atoms with Gasteiger partial charge in [0.25, 0.3) is 0 Å². The van der Waals surface area contributed by atoms with Gasteiger partial charge in [0.1, 0.15) is 11.6 Å². The summed E-state index contributed by atoms with van der Waals surface area (Å²) in [6.07, 6.45) is 3.65. The fourth-order valence-electron chi connectivity index (χ4n) is 2.35. The van der Waals surface area contributed by atoms with Gasteiger partial charge < -0.3 is 10.1 Å². The minimum atomic E-state index is -0.228. The first-order valence-electron chi connectivity index (χ1n) is 5.81. The topological polar surface area (TPSA) is 21.3 Å². The third-order valence-corrected chi connectivity index (χ3v) is 3.36. The number of hydrogen-bond acceptors (Lipinski definition) is 2. The third-order valence-electron chi connectivity index (χ3n) is 3.36. The zero-order valence-corrected chi connectivity index (χ0v) is 9.79. The van der Waals surface area contributed by atoms with Crippen molar-refractivity contribution in [2.24, 2.45) is 5.92 Å². The van der Waals surface area contributed by atoms with Crippen LogP contribution < -0.4 is 10.1 Å². The molecule has 1 fully saturated rings. The van der Waals surface area contributed by atoms with Gasteiger partial charge in [-0.1, -0.05) is 13.3 Å². The van der Waals surface area contributed by atoms with Gasteiger partial charge in [0.15, 0.2) is 0 Å². The van der Waals surface area contributed by atoms with Crippen molar-refractivity contribution in [3.63, 3.8) is 0 Å². The molecule has 1 N–H and O–H groups in total. The van der Waals surface area contributed by atoms with E-state index in [0.29, 0.717) is 17.7 Å². The second-order valence-corrected chi connectivity index (χ2v) is 4.50. The quantitative estimate of drug-likeness (QED) is 0.847. The van der Waals surface area contributed by atoms with Crippen LogP contribution in [-0.2, 0) is 0 Å². The molecule has 0 saturated heterocycles. The number of methoxy groups -OCH3 is 1. The Labute approximate surface area is 95.8 Å². The first-order chi connectivity index (χ1) is 7.70. The minimum absolute atomic E-state index is 0.228. The molecule has 1 aromatic rings. The van der Waals surface area contributed by atoms with Crippen molar-refractivity contribution in [2.45, 2.75) is 32.2 Å². The van der Waals surface area contributed by atoms with Crippen molar-refractivity contribution in [2.75, 3.05) is 12.4 Å². The highest BCUT2D eigenvalue weighted by Crippen LogP contribution is 2.32. The van der Waals surface area contributed by atoms with Crippen molar-refractivity contribution in [3.05, 3.63) is 24.0 Å². The third kappa shape index (κ3) is 2.29. The second kappa shape index (κ2) is 4.73. The molecule has 2 unspecified atom stereocenters. The maximum atomic E-state index is 13.2. The van der Waals surface area contributed by atoms with E-state index in [0.717, 1.165) is 12.1 Å². The molecule has 0 heterocycles. The number of benzene rings is 1. The van der Waals surface area contributed by atoms with E-state index in [2.05, 4.69) is 12.2 Å². The lowest BCUT2D eigenvalue weighted by Crippen LogP contribution is -2.22. The Morgan fingerprint density at radius 3 is 2.81 bits per heavy atom. The van der Waals surface area contributed by atoms with E-state index in [1.807, 2.05) is 0 Å². The van der Waals surface area contributed by atoms with Crippen molar-refractivity contribution in [1.82, 2.24) is 0 Å². The molecule has 3 heteroatoms. The van der Waals surface area contributed by atoms with Gasteiger partial charge in [-0.15, -0.1) is 0 Å². The van der Waals surface area contributed by atoms with E-state index in [-0.39, 0.29) is 5.82 Å². The molecule has 0 amide bonds. The van der Waals surface area contributed by atoms with Crippen molar-refractivity contribution in [1.29, 1.82) is 0 Å². The van der Waals surface area contributed by atoms with Gasteiger partial charge in [-0.05, 0) is 30.9 Å². The summed E-state index contributed by atoms with van der Waals surface area (Å²) < 4.78 is 18.4. The highest BCUT2D eigenvalue weighted by molar-refractivity contribution is 5.57. The Morgan fingerprint density at radius 1 is 1.38 bits per heavy atom. The van der Waals surface area contributed by atoms with Crippen LogP contribution in [0.5, 0.6) is 5.75 Å². The summed E-state index contributed by atoms with van der Waals surface area (Å²) in [6, 6.07) is 5.03. The molecule has 0 aliphatic heterocycles. The molecule has 0 bridgehead atoms. The molecule has 2 atom stereocenters. The van der Waals surface area contributed by atoms with Crippen molar-refractivity contribution >= 4 is 5.69 Å². The van der Waals surface area contributed by atoms with E-state index in [9.17, 15) is 4.39 Å². The molecule has 0 radical (unpaired) electrons. The highest BCUT2D eigenvalue weighted by Gasteiger charge is 2.23.